The second-order valence-corrected chi connectivity index (χ2v) is 8.98. The highest BCUT2D eigenvalue weighted by Crippen LogP contribution is 2.42. The summed E-state index contributed by atoms with van der Waals surface area (Å²) < 4.78 is 10.3. The standard InChI is InChI=1S/C29H28N4O7/c1-3-39-26(34)15-22(29(36)40-4-2)18-12-21(16-6-5-7-20(11-16)33(37)38)27(35)23(13-18)25-14-19-10-17(28(30)31)8-9-24(19)32-25/h5-14,22,32,35H,3-4,15H2,1-2H3,(H3,30,31). The van der Waals surface area contributed by atoms with E-state index < -0.39 is 22.8 Å². The molecule has 0 aliphatic rings. The van der Waals surface area contributed by atoms with Crippen molar-refractivity contribution in [2.75, 3.05) is 13.2 Å². The first kappa shape index (κ1) is 27.8. The third-order valence-corrected chi connectivity index (χ3v) is 6.37. The van der Waals surface area contributed by atoms with Crippen LogP contribution in [0.4, 0.5) is 5.69 Å². The van der Waals surface area contributed by atoms with Gasteiger partial charge in [-0.3, -0.25) is 25.1 Å². The Morgan fingerprint density at radius 3 is 2.45 bits per heavy atom. The summed E-state index contributed by atoms with van der Waals surface area (Å²) in [7, 11) is 0. The molecule has 1 unspecified atom stereocenters. The van der Waals surface area contributed by atoms with Crippen molar-refractivity contribution in [3.8, 4) is 28.1 Å². The average Bonchev–Trinajstić information content (AvgIpc) is 3.35. The van der Waals surface area contributed by atoms with Gasteiger partial charge >= 0.3 is 11.9 Å². The van der Waals surface area contributed by atoms with Crippen LogP contribution >= 0.6 is 0 Å². The fourth-order valence-electron chi connectivity index (χ4n) is 4.48. The normalized spacial score (nSPS) is 11.7. The summed E-state index contributed by atoms with van der Waals surface area (Å²) in [6.07, 6.45) is -0.306. The zero-order valence-corrected chi connectivity index (χ0v) is 21.9. The number of phenolic OH excluding ortho intramolecular Hbond substituents is 1. The summed E-state index contributed by atoms with van der Waals surface area (Å²) in [6.45, 7) is 3.52. The predicted octanol–water partition coefficient (Wildman–Crippen LogP) is 5.00. The number of hydrogen-bond donors (Lipinski definition) is 4. The smallest absolute Gasteiger partial charge is 0.313 e. The van der Waals surface area contributed by atoms with Crippen LogP contribution in [-0.4, -0.2) is 46.0 Å². The summed E-state index contributed by atoms with van der Waals surface area (Å²) in [5.41, 5.74) is 8.35. The minimum absolute atomic E-state index is 0.0847. The van der Waals surface area contributed by atoms with Crippen molar-refractivity contribution in [1.29, 1.82) is 5.41 Å². The van der Waals surface area contributed by atoms with Gasteiger partial charge in [0.2, 0.25) is 0 Å². The third kappa shape index (κ3) is 5.78. The number of hydrogen-bond acceptors (Lipinski definition) is 8. The summed E-state index contributed by atoms with van der Waals surface area (Å²) in [4.78, 5) is 39.6. The van der Waals surface area contributed by atoms with Crippen molar-refractivity contribution in [3.05, 3.63) is 81.9 Å². The van der Waals surface area contributed by atoms with Crippen LogP contribution in [0.2, 0.25) is 0 Å². The second kappa shape index (κ2) is 11.7. The summed E-state index contributed by atoms with van der Waals surface area (Å²) in [6, 6.07) is 15.8. The van der Waals surface area contributed by atoms with E-state index in [-0.39, 0.29) is 48.0 Å². The Hall–Kier alpha value is -5.19. The first-order valence-corrected chi connectivity index (χ1v) is 12.5. The molecule has 40 heavy (non-hydrogen) atoms. The predicted molar refractivity (Wildman–Crippen MR) is 149 cm³/mol. The Morgan fingerprint density at radius 2 is 1.77 bits per heavy atom. The molecule has 0 amide bonds. The molecular formula is C29H28N4O7. The number of carbonyl (C=O) groups excluding carboxylic acids is 2. The number of fused-ring (bicyclic) bond motifs is 1. The molecule has 0 fully saturated rings. The van der Waals surface area contributed by atoms with Gasteiger partial charge in [-0.05, 0) is 61.4 Å². The Bertz CT molecular complexity index is 1630. The Balaban J connectivity index is 1.96. The number of rotatable bonds is 10. The molecule has 0 bridgehead atoms. The van der Waals surface area contributed by atoms with Gasteiger partial charge in [-0.25, -0.2) is 0 Å². The van der Waals surface area contributed by atoms with Gasteiger partial charge in [-0.2, -0.15) is 0 Å². The van der Waals surface area contributed by atoms with E-state index >= 15 is 0 Å². The molecule has 4 rings (SSSR count). The van der Waals surface area contributed by atoms with Gasteiger partial charge in [0.05, 0.1) is 36.2 Å². The number of nitrogens with zero attached hydrogens (tertiary/aromatic N) is 1. The molecule has 0 radical (unpaired) electrons. The lowest BCUT2D eigenvalue weighted by Gasteiger charge is -2.19. The number of aromatic amines is 1. The highest BCUT2D eigenvalue weighted by Gasteiger charge is 2.29. The number of nitrogens with two attached hydrogens (primary N) is 1. The number of esters is 2. The zero-order valence-electron chi connectivity index (χ0n) is 21.9. The average molecular weight is 545 g/mol. The van der Waals surface area contributed by atoms with Crippen molar-refractivity contribution in [3.63, 3.8) is 0 Å². The number of non-ortho nitro benzene ring substituents is 1. The Labute approximate surface area is 229 Å². The fraction of sp³-hybridized carbons (Fsp3) is 0.207. The first-order valence-electron chi connectivity index (χ1n) is 12.5. The van der Waals surface area contributed by atoms with E-state index in [1.54, 1.807) is 50.2 Å². The van der Waals surface area contributed by atoms with Gasteiger partial charge in [0, 0.05) is 39.7 Å². The molecule has 3 aromatic carbocycles. The van der Waals surface area contributed by atoms with E-state index in [0.717, 1.165) is 5.39 Å². The molecule has 0 aliphatic carbocycles. The second-order valence-electron chi connectivity index (χ2n) is 8.98. The lowest BCUT2D eigenvalue weighted by Crippen LogP contribution is -2.21. The highest BCUT2D eigenvalue weighted by molar-refractivity contribution is 6.00. The molecule has 5 N–H and O–H groups in total. The molecular weight excluding hydrogens is 516 g/mol. The number of phenols is 1. The molecule has 11 nitrogen and oxygen atoms in total. The highest BCUT2D eigenvalue weighted by atomic mass is 16.6. The van der Waals surface area contributed by atoms with Crippen LogP contribution in [0, 0.1) is 15.5 Å². The minimum atomic E-state index is -1.07. The van der Waals surface area contributed by atoms with E-state index in [1.165, 1.54) is 24.3 Å². The summed E-state index contributed by atoms with van der Waals surface area (Å²) in [5.74, 6) is -2.61. The van der Waals surface area contributed by atoms with Crippen molar-refractivity contribution < 1.29 is 29.1 Å². The van der Waals surface area contributed by atoms with Crippen LogP contribution in [0.1, 0.15) is 37.3 Å². The third-order valence-electron chi connectivity index (χ3n) is 6.37. The molecule has 1 heterocycles. The number of aromatic nitrogens is 1. The minimum Gasteiger partial charge on any atom is -0.507 e. The van der Waals surface area contributed by atoms with Crippen molar-refractivity contribution in [2.45, 2.75) is 26.2 Å². The number of amidine groups is 1. The van der Waals surface area contributed by atoms with Gasteiger partial charge in [-0.15, -0.1) is 0 Å². The number of aromatic hydroxyl groups is 1. The lowest BCUT2D eigenvalue weighted by molar-refractivity contribution is -0.384. The molecule has 0 saturated heterocycles. The number of carbonyl (C=O) groups is 2. The molecule has 1 aromatic heterocycles. The van der Waals surface area contributed by atoms with Crippen LogP contribution in [0.5, 0.6) is 5.75 Å². The van der Waals surface area contributed by atoms with E-state index in [2.05, 4.69) is 4.98 Å². The van der Waals surface area contributed by atoms with Gasteiger partial charge < -0.3 is 25.3 Å². The quantitative estimate of drug-likeness (QED) is 0.0707. The van der Waals surface area contributed by atoms with Crippen LogP contribution in [-0.2, 0) is 19.1 Å². The Kier molecular flexibility index (Phi) is 8.13. The van der Waals surface area contributed by atoms with E-state index in [9.17, 15) is 24.8 Å². The zero-order chi connectivity index (χ0) is 29.0. The van der Waals surface area contributed by atoms with Crippen LogP contribution in [0.15, 0.2) is 60.7 Å². The number of H-pyrrole nitrogens is 1. The lowest BCUT2D eigenvalue weighted by atomic mass is 9.89. The molecule has 0 spiro atoms. The van der Waals surface area contributed by atoms with E-state index in [4.69, 9.17) is 20.6 Å². The molecule has 0 saturated carbocycles. The van der Waals surface area contributed by atoms with E-state index in [1.807, 2.05) is 0 Å². The molecule has 4 aromatic rings. The van der Waals surface area contributed by atoms with E-state index in [0.29, 0.717) is 27.9 Å². The van der Waals surface area contributed by atoms with Gasteiger partial charge in [0.25, 0.3) is 5.69 Å². The molecule has 1 atom stereocenters. The summed E-state index contributed by atoms with van der Waals surface area (Å²) >= 11 is 0. The number of nitro groups is 1. The van der Waals surface area contributed by atoms with Crippen molar-refractivity contribution in [1.82, 2.24) is 4.98 Å². The number of benzene rings is 3. The maximum absolute atomic E-state index is 13.0. The van der Waals surface area contributed by atoms with Gasteiger partial charge in [0.1, 0.15) is 11.6 Å². The van der Waals surface area contributed by atoms with Gasteiger partial charge in [-0.1, -0.05) is 12.1 Å². The maximum atomic E-state index is 13.0. The topological polar surface area (TPSA) is 182 Å². The number of nitro benzene ring substituents is 1. The first-order chi connectivity index (χ1) is 19.1. The molecule has 11 heteroatoms. The number of nitrogen functional groups attached to an aromatic ring is 1. The van der Waals surface area contributed by atoms with Crippen LogP contribution < -0.4 is 5.73 Å². The molecule has 0 aliphatic heterocycles. The molecule has 206 valence electrons. The number of nitrogens with one attached hydrogen (secondary N) is 2. The number of ether oxygens (including phenoxy) is 2. The fourth-order valence-corrected chi connectivity index (χ4v) is 4.48. The van der Waals surface area contributed by atoms with Gasteiger partial charge in [0.15, 0.2) is 0 Å². The SMILES string of the molecule is CCOC(=O)CC(C(=O)OCC)c1cc(-c2cccc([N+](=O)[O-])c2)c(O)c(-c2cc3cc(C(=N)N)ccc3[nH]2)c1. The summed E-state index contributed by atoms with van der Waals surface area (Å²) in [5, 5.41) is 31.3. The largest absolute Gasteiger partial charge is 0.507 e. The monoisotopic (exact) mass is 544 g/mol. The van der Waals surface area contributed by atoms with Crippen molar-refractivity contribution >= 4 is 34.4 Å². The van der Waals surface area contributed by atoms with Crippen LogP contribution in [0.25, 0.3) is 33.3 Å². The van der Waals surface area contributed by atoms with Crippen LogP contribution in [0.3, 0.4) is 0 Å². The van der Waals surface area contributed by atoms with Crippen molar-refractivity contribution in [2.24, 2.45) is 5.73 Å². The Morgan fingerprint density at radius 1 is 1.05 bits per heavy atom. The maximum Gasteiger partial charge on any atom is 0.313 e.